The number of hydrogen-bond acceptors (Lipinski definition) is 4. The maximum Gasteiger partial charge on any atom is 0.245 e. The first-order valence-corrected chi connectivity index (χ1v) is 8.35. The van der Waals surface area contributed by atoms with E-state index in [4.69, 9.17) is 5.73 Å². The van der Waals surface area contributed by atoms with E-state index in [1.165, 1.54) is 15.6 Å². The smallest absolute Gasteiger partial charge is 0.245 e. The minimum atomic E-state index is -3.43. The molecule has 0 aliphatic heterocycles. The van der Waals surface area contributed by atoms with E-state index in [2.05, 4.69) is 15.9 Å². The zero-order valence-corrected chi connectivity index (χ0v) is 13.3. The van der Waals surface area contributed by atoms with Gasteiger partial charge in [0, 0.05) is 24.5 Å². The third-order valence-corrected chi connectivity index (χ3v) is 7.02. The monoisotopic (exact) mass is 340 g/mol. The summed E-state index contributed by atoms with van der Waals surface area (Å²) < 4.78 is 26.7. The highest BCUT2D eigenvalue weighted by Crippen LogP contribution is 2.33. The topological polar surface area (TPSA) is 63.4 Å². The van der Waals surface area contributed by atoms with E-state index in [1.54, 1.807) is 13.1 Å². The van der Waals surface area contributed by atoms with Gasteiger partial charge in [-0.05, 0) is 35.3 Å². The number of hydrogen-bond donors (Lipinski definition) is 1. The lowest BCUT2D eigenvalue weighted by atomic mass is 10.3. The van der Waals surface area contributed by atoms with Crippen molar-refractivity contribution in [3.05, 3.63) is 14.7 Å². The summed E-state index contributed by atoms with van der Waals surface area (Å²) in [6, 6.07) is 1.62. The molecule has 0 bridgehead atoms. The Morgan fingerprint density at radius 3 is 2.59 bits per heavy atom. The lowest BCUT2D eigenvalue weighted by Gasteiger charge is -2.22. The second-order valence-corrected chi connectivity index (χ2v) is 8.25. The van der Waals surface area contributed by atoms with Crippen molar-refractivity contribution in [2.45, 2.75) is 37.8 Å². The predicted molar refractivity (Wildman–Crippen MR) is 74.6 cm³/mol. The largest absolute Gasteiger partial charge is 0.326 e. The predicted octanol–water partition coefficient (Wildman–Crippen LogP) is 2.39. The summed E-state index contributed by atoms with van der Waals surface area (Å²) in [6.07, 6.45) is 0.779. The molecule has 1 unspecified atom stereocenters. The average molecular weight is 341 g/mol. The summed E-state index contributed by atoms with van der Waals surface area (Å²) in [7, 11) is -1.82. The third-order valence-electron chi connectivity index (χ3n) is 2.78. The second kappa shape index (κ2) is 5.79. The molecule has 0 saturated heterocycles. The number of nitrogens with zero attached hydrogens (tertiary/aromatic N) is 1. The Bertz CT molecular complexity index is 484. The Labute approximate surface area is 115 Å². The van der Waals surface area contributed by atoms with E-state index >= 15 is 0 Å². The highest BCUT2D eigenvalue weighted by molar-refractivity contribution is 9.11. The SMILES string of the molecule is CCC(C)N(C)S(=O)(=O)c1cc(CN)sc1Br. The minimum Gasteiger partial charge on any atom is -0.326 e. The molecule has 98 valence electrons. The number of thiophene rings is 1. The van der Waals surface area contributed by atoms with Crippen LogP contribution in [0.2, 0.25) is 0 Å². The highest BCUT2D eigenvalue weighted by atomic mass is 79.9. The molecule has 1 aromatic rings. The van der Waals surface area contributed by atoms with Gasteiger partial charge in [-0.2, -0.15) is 4.31 Å². The van der Waals surface area contributed by atoms with E-state index in [1.807, 2.05) is 13.8 Å². The Kier molecular flexibility index (Phi) is 5.15. The molecule has 2 N–H and O–H groups in total. The van der Waals surface area contributed by atoms with Crippen LogP contribution in [0.5, 0.6) is 0 Å². The third kappa shape index (κ3) is 3.08. The fraction of sp³-hybridized carbons (Fsp3) is 0.600. The van der Waals surface area contributed by atoms with Crippen LogP contribution in [0.25, 0.3) is 0 Å². The van der Waals surface area contributed by atoms with Gasteiger partial charge < -0.3 is 5.73 Å². The van der Waals surface area contributed by atoms with Crippen LogP contribution in [-0.2, 0) is 16.6 Å². The summed E-state index contributed by atoms with van der Waals surface area (Å²) >= 11 is 4.65. The van der Waals surface area contributed by atoms with Crippen molar-refractivity contribution in [1.82, 2.24) is 4.31 Å². The van der Waals surface area contributed by atoms with Crippen molar-refractivity contribution >= 4 is 37.3 Å². The Hall–Kier alpha value is 0.0500. The summed E-state index contributed by atoms with van der Waals surface area (Å²) in [6.45, 7) is 4.21. The fourth-order valence-electron chi connectivity index (χ4n) is 1.32. The summed E-state index contributed by atoms with van der Waals surface area (Å²) in [5.74, 6) is 0. The van der Waals surface area contributed by atoms with Gasteiger partial charge in [0.25, 0.3) is 0 Å². The maximum atomic E-state index is 12.3. The van der Waals surface area contributed by atoms with Crippen LogP contribution >= 0.6 is 27.3 Å². The molecule has 1 heterocycles. The van der Waals surface area contributed by atoms with Gasteiger partial charge in [0.15, 0.2) is 0 Å². The van der Waals surface area contributed by atoms with Crippen molar-refractivity contribution in [1.29, 1.82) is 0 Å². The molecule has 0 aliphatic rings. The Morgan fingerprint density at radius 1 is 1.59 bits per heavy atom. The van der Waals surface area contributed by atoms with Gasteiger partial charge in [-0.25, -0.2) is 8.42 Å². The van der Waals surface area contributed by atoms with E-state index in [0.29, 0.717) is 15.2 Å². The first-order valence-electron chi connectivity index (χ1n) is 5.30. The van der Waals surface area contributed by atoms with E-state index in [-0.39, 0.29) is 6.04 Å². The average Bonchev–Trinajstić information content (AvgIpc) is 2.69. The van der Waals surface area contributed by atoms with Gasteiger partial charge in [0.1, 0.15) is 4.90 Å². The zero-order valence-electron chi connectivity index (χ0n) is 10.1. The van der Waals surface area contributed by atoms with Crippen molar-refractivity contribution in [3.8, 4) is 0 Å². The van der Waals surface area contributed by atoms with Crippen molar-refractivity contribution in [2.75, 3.05) is 7.05 Å². The van der Waals surface area contributed by atoms with Crippen molar-refractivity contribution < 1.29 is 8.42 Å². The normalized spacial score (nSPS) is 14.2. The minimum absolute atomic E-state index is 0.0203. The molecule has 0 saturated carbocycles. The standard InChI is InChI=1S/C10H17BrN2O2S2/c1-4-7(2)13(3)17(14,15)9-5-8(6-12)16-10(9)11/h5,7H,4,6,12H2,1-3H3. The summed E-state index contributed by atoms with van der Waals surface area (Å²) in [5.41, 5.74) is 5.52. The van der Waals surface area contributed by atoms with Gasteiger partial charge in [-0.3, -0.25) is 0 Å². The number of halogens is 1. The zero-order chi connectivity index (χ0) is 13.2. The number of nitrogens with two attached hydrogens (primary N) is 1. The molecule has 1 aromatic heterocycles. The molecule has 7 heteroatoms. The molecule has 4 nitrogen and oxygen atoms in total. The molecule has 0 fully saturated rings. The lowest BCUT2D eigenvalue weighted by Crippen LogP contribution is -2.34. The van der Waals surface area contributed by atoms with Crippen LogP contribution in [-0.4, -0.2) is 25.8 Å². The van der Waals surface area contributed by atoms with Gasteiger partial charge in [-0.1, -0.05) is 6.92 Å². The molecule has 0 aromatic carbocycles. The van der Waals surface area contributed by atoms with Crippen LogP contribution in [0.4, 0.5) is 0 Å². The molecule has 0 amide bonds. The van der Waals surface area contributed by atoms with Gasteiger partial charge in [0.2, 0.25) is 10.0 Å². The lowest BCUT2D eigenvalue weighted by molar-refractivity contribution is 0.380. The Morgan fingerprint density at radius 2 is 2.18 bits per heavy atom. The first-order chi connectivity index (χ1) is 7.84. The molecule has 1 atom stereocenters. The molecular formula is C10H17BrN2O2S2. The van der Waals surface area contributed by atoms with Gasteiger partial charge in [-0.15, -0.1) is 11.3 Å². The molecule has 0 radical (unpaired) electrons. The maximum absolute atomic E-state index is 12.3. The summed E-state index contributed by atoms with van der Waals surface area (Å²) in [4.78, 5) is 1.17. The molecule has 0 spiro atoms. The van der Waals surface area contributed by atoms with Gasteiger partial charge >= 0.3 is 0 Å². The number of rotatable bonds is 5. The summed E-state index contributed by atoms with van der Waals surface area (Å²) in [5, 5.41) is 0. The first kappa shape index (κ1) is 15.1. The fourth-order valence-corrected chi connectivity index (χ4v) is 5.27. The number of sulfonamides is 1. The molecule has 0 aliphatic carbocycles. The Balaban J connectivity index is 3.17. The van der Waals surface area contributed by atoms with Crippen LogP contribution < -0.4 is 5.73 Å². The van der Waals surface area contributed by atoms with Crippen LogP contribution in [0.3, 0.4) is 0 Å². The van der Waals surface area contributed by atoms with Crippen LogP contribution in [0, 0.1) is 0 Å². The van der Waals surface area contributed by atoms with Crippen LogP contribution in [0.1, 0.15) is 25.1 Å². The van der Waals surface area contributed by atoms with Gasteiger partial charge in [0.05, 0.1) is 3.79 Å². The van der Waals surface area contributed by atoms with Crippen molar-refractivity contribution in [2.24, 2.45) is 5.73 Å². The van der Waals surface area contributed by atoms with E-state index in [9.17, 15) is 8.42 Å². The van der Waals surface area contributed by atoms with E-state index < -0.39 is 10.0 Å². The molecular weight excluding hydrogens is 324 g/mol. The second-order valence-electron chi connectivity index (χ2n) is 3.83. The molecule has 17 heavy (non-hydrogen) atoms. The quantitative estimate of drug-likeness (QED) is 0.894. The van der Waals surface area contributed by atoms with Crippen molar-refractivity contribution in [3.63, 3.8) is 0 Å². The van der Waals surface area contributed by atoms with Crippen LogP contribution in [0.15, 0.2) is 14.7 Å². The molecule has 1 rings (SSSR count). The van der Waals surface area contributed by atoms with E-state index in [0.717, 1.165) is 11.3 Å². The highest BCUT2D eigenvalue weighted by Gasteiger charge is 2.28.